The lowest BCUT2D eigenvalue weighted by Gasteiger charge is -2.10. The zero-order valence-corrected chi connectivity index (χ0v) is 10.7. The number of ether oxygens (including phenoxy) is 2. The van der Waals surface area contributed by atoms with Gasteiger partial charge in [0.25, 0.3) is 0 Å². The van der Waals surface area contributed by atoms with Crippen molar-refractivity contribution in [3.05, 3.63) is 41.6 Å². The Balaban J connectivity index is 2.36. The minimum Gasteiger partial charge on any atom is -0.496 e. The van der Waals surface area contributed by atoms with Crippen molar-refractivity contribution in [2.75, 3.05) is 14.2 Å². The number of para-hydroxylation sites is 1. The Morgan fingerprint density at radius 2 is 2.05 bits per heavy atom. The molecule has 0 saturated carbocycles. The van der Waals surface area contributed by atoms with Crippen LogP contribution in [0.4, 0.5) is 0 Å². The highest BCUT2D eigenvalue weighted by atomic mass is 16.5. The lowest BCUT2D eigenvalue weighted by molar-refractivity contribution is 0.0693. The minimum atomic E-state index is -1.07. The Bertz CT molecular complexity index is 592. The van der Waals surface area contributed by atoms with Gasteiger partial charge in [-0.1, -0.05) is 18.2 Å². The molecule has 19 heavy (non-hydrogen) atoms. The maximum atomic E-state index is 11.0. The fraction of sp³-hybridized carbons (Fsp3) is 0.231. The summed E-state index contributed by atoms with van der Waals surface area (Å²) in [5.41, 5.74) is 0.931. The number of methoxy groups -OCH3 is 2. The van der Waals surface area contributed by atoms with Crippen molar-refractivity contribution in [3.8, 4) is 11.6 Å². The van der Waals surface area contributed by atoms with Crippen molar-refractivity contribution in [1.29, 1.82) is 0 Å². The van der Waals surface area contributed by atoms with Crippen LogP contribution in [0.2, 0.25) is 0 Å². The number of aromatic carboxylic acids is 1. The number of carboxylic acid groups (broad SMARTS) is 1. The summed E-state index contributed by atoms with van der Waals surface area (Å²) in [7, 11) is 3.00. The molecule has 0 aliphatic carbocycles. The Morgan fingerprint density at radius 3 is 2.68 bits per heavy atom. The summed E-state index contributed by atoms with van der Waals surface area (Å²) in [6, 6.07) is 7.47. The molecule has 0 fully saturated rings. The molecule has 6 heteroatoms. The van der Waals surface area contributed by atoms with E-state index in [4.69, 9.17) is 14.6 Å². The number of hydrogen-bond acceptors (Lipinski definition) is 4. The third-order valence-corrected chi connectivity index (χ3v) is 2.73. The summed E-state index contributed by atoms with van der Waals surface area (Å²) >= 11 is 0. The van der Waals surface area contributed by atoms with Crippen LogP contribution in [0.25, 0.3) is 0 Å². The molecule has 0 unspecified atom stereocenters. The largest absolute Gasteiger partial charge is 0.496 e. The molecule has 0 spiro atoms. The fourth-order valence-electron chi connectivity index (χ4n) is 1.84. The van der Waals surface area contributed by atoms with E-state index in [0.29, 0.717) is 6.54 Å². The van der Waals surface area contributed by atoms with Crippen molar-refractivity contribution < 1.29 is 19.4 Å². The van der Waals surface area contributed by atoms with E-state index in [2.05, 4.69) is 5.10 Å². The van der Waals surface area contributed by atoms with Crippen LogP contribution in [0.3, 0.4) is 0 Å². The maximum absolute atomic E-state index is 11.0. The van der Waals surface area contributed by atoms with E-state index in [9.17, 15) is 4.79 Å². The maximum Gasteiger partial charge on any atom is 0.342 e. The monoisotopic (exact) mass is 262 g/mol. The third-order valence-electron chi connectivity index (χ3n) is 2.73. The first-order valence-electron chi connectivity index (χ1n) is 5.62. The van der Waals surface area contributed by atoms with Crippen molar-refractivity contribution in [2.24, 2.45) is 0 Å². The topological polar surface area (TPSA) is 73.6 Å². The fourth-order valence-corrected chi connectivity index (χ4v) is 1.84. The normalized spacial score (nSPS) is 10.2. The van der Waals surface area contributed by atoms with Gasteiger partial charge in [0.15, 0.2) is 0 Å². The van der Waals surface area contributed by atoms with Gasteiger partial charge in [-0.25, -0.2) is 9.48 Å². The molecule has 1 aromatic carbocycles. The lowest BCUT2D eigenvalue weighted by atomic mass is 10.2. The molecule has 2 rings (SSSR count). The molecular formula is C13H14N2O4. The molecule has 2 aromatic rings. The molecule has 100 valence electrons. The van der Waals surface area contributed by atoms with Crippen LogP contribution < -0.4 is 9.47 Å². The van der Waals surface area contributed by atoms with E-state index in [1.807, 2.05) is 24.3 Å². The van der Waals surface area contributed by atoms with E-state index >= 15 is 0 Å². The molecule has 0 radical (unpaired) electrons. The number of carboxylic acids is 1. The predicted molar refractivity (Wildman–Crippen MR) is 67.8 cm³/mol. The summed E-state index contributed by atoms with van der Waals surface area (Å²) in [6.07, 6.45) is 1.27. The molecule has 0 aliphatic rings. The average molecular weight is 262 g/mol. The molecule has 0 amide bonds. The minimum absolute atomic E-state index is 0.0393. The lowest BCUT2D eigenvalue weighted by Crippen LogP contribution is -2.07. The van der Waals surface area contributed by atoms with Crippen molar-refractivity contribution in [2.45, 2.75) is 6.54 Å². The number of rotatable bonds is 5. The molecule has 1 heterocycles. The number of hydrogen-bond donors (Lipinski definition) is 1. The smallest absolute Gasteiger partial charge is 0.342 e. The number of carbonyl (C=O) groups is 1. The van der Waals surface area contributed by atoms with Crippen LogP contribution in [0.1, 0.15) is 15.9 Å². The van der Waals surface area contributed by atoms with E-state index in [0.717, 1.165) is 11.3 Å². The van der Waals surface area contributed by atoms with Crippen LogP contribution in [0, 0.1) is 0 Å². The Labute approximate surface area is 110 Å². The molecule has 1 N–H and O–H groups in total. The van der Waals surface area contributed by atoms with Gasteiger partial charge in [0.05, 0.1) is 27.0 Å². The molecular weight excluding hydrogens is 248 g/mol. The van der Waals surface area contributed by atoms with E-state index in [1.165, 1.54) is 18.0 Å². The van der Waals surface area contributed by atoms with E-state index < -0.39 is 5.97 Å². The standard InChI is InChI=1S/C13H14N2O4/c1-18-11-6-4-3-5-9(11)8-15-12(19-2)10(7-14-15)13(16)17/h3-7H,8H2,1-2H3,(H,16,17). The Morgan fingerprint density at radius 1 is 1.32 bits per heavy atom. The predicted octanol–water partition coefficient (Wildman–Crippen LogP) is 1.65. The summed E-state index contributed by atoms with van der Waals surface area (Å²) < 4.78 is 11.8. The third kappa shape index (κ3) is 2.52. The number of nitrogens with zero attached hydrogens (tertiary/aromatic N) is 2. The van der Waals surface area contributed by atoms with Crippen LogP contribution >= 0.6 is 0 Å². The molecule has 0 saturated heterocycles. The van der Waals surface area contributed by atoms with Crippen LogP contribution in [0.15, 0.2) is 30.5 Å². The van der Waals surface area contributed by atoms with Crippen molar-refractivity contribution in [1.82, 2.24) is 9.78 Å². The van der Waals surface area contributed by atoms with Crippen molar-refractivity contribution >= 4 is 5.97 Å². The van der Waals surface area contributed by atoms with Gasteiger partial charge in [-0.3, -0.25) is 0 Å². The van der Waals surface area contributed by atoms with Gasteiger partial charge in [0.2, 0.25) is 5.88 Å². The molecule has 6 nitrogen and oxygen atoms in total. The first-order valence-corrected chi connectivity index (χ1v) is 5.62. The molecule has 0 aliphatic heterocycles. The summed E-state index contributed by atoms with van der Waals surface area (Å²) in [4.78, 5) is 11.0. The highest BCUT2D eigenvalue weighted by Crippen LogP contribution is 2.23. The average Bonchev–Trinajstić information content (AvgIpc) is 2.82. The summed E-state index contributed by atoms with van der Waals surface area (Å²) in [5, 5.41) is 13.1. The van der Waals surface area contributed by atoms with Gasteiger partial charge < -0.3 is 14.6 Å². The highest BCUT2D eigenvalue weighted by molar-refractivity contribution is 5.89. The second-order valence-corrected chi connectivity index (χ2v) is 3.84. The second kappa shape index (κ2) is 5.43. The zero-order valence-electron chi connectivity index (χ0n) is 10.7. The molecule has 0 bridgehead atoms. The quantitative estimate of drug-likeness (QED) is 0.886. The SMILES string of the molecule is COc1ccccc1Cn1ncc(C(=O)O)c1OC. The second-order valence-electron chi connectivity index (χ2n) is 3.84. The van der Waals surface area contributed by atoms with E-state index in [1.54, 1.807) is 7.11 Å². The van der Waals surface area contributed by atoms with Gasteiger partial charge in [0.1, 0.15) is 11.3 Å². The van der Waals surface area contributed by atoms with Gasteiger partial charge in [-0.15, -0.1) is 0 Å². The van der Waals surface area contributed by atoms with Gasteiger partial charge in [-0.05, 0) is 6.07 Å². The van der Waals surface area contributed by atoms with Crippen LogP contribution in [-0.4, -0.2) is 35.1 Å². The van der Waals surface area contributed by atoms with Crippen molar-refractivity contribution in [3.63, 3.8) is 0 Å². The summed E-state index contributed by atoms with van der Waals surface area (Å²) in [5.74, 6) is -0.126. The molecule has 1 aromatic heterocycles. The first-order chi connectivity index (χ1) is 9.17. The Hall–Kier alpha value is -2.50. The zero-order chi connectivity index (χ0) is 13.8. The number of benzene rings is 1. The Kier molecular flexibility index (Phi) is 3.70. The van der Waals surface area contributed by atoms with Crippen LogP contribution in [-0.2, 0) is 6.54 Å². The van der Waals surface area contributed by atoms with Crippen LogP contribution in [0.5, 0.6) is 11.6 Å². The first kappa shape index (κ1) is 12.9. The van der Waals surface area contributed by atoms with E-state index in [-0.39, 0.29) is 11.4 Å². The highest BCUT2D eigenvalue weighted by Gasteiger charge is 2.18. The van der Waals surface area contributed by atoms with Gasteiger partial charge >= 0.3 is 5.97 Å². The number of aromatic nitrogens is 2. The van der Waals surface area contributed by atoms with Gasteiger partial charge in [0, 0.05) is 5.56 Å². The molecule has 0 atom stereocenters. The summed E-state index contributed by atoms with van der Waals surface area (Å²) in [6.45, 7) is 0.375. The van der Waals surface area contributed by atoms with Gasteiger partial charge in [-0.2, -0.15) is 5.10 Å².